The van der Waals surface area contributed by atoms with E-state index >= 15 is 0 Å². The Kier molecular flexibility index (Phi) is 5.15. The highest BCUT2D eigenvalue weighted by molar-refractivity contribution is 5.42. The number of aromatic nitrogens is 2. The second-order valence-electron chi connectivity index (χ2n) is 5.35. The maximum absolute atomic E-state index is 10.1. The van der Waals surface area contributed by atoms with E-state index in [1.165, 1.54) is 0 Å². The lowest BCUT2D eigenvalue weighted by Crippen LogP contribution is -2.32. The van der Waals surface area contributed by atoms with E-state index in [0.717, 1.165) is 36.4 Å². The van der Waals surface area contributed by atoms with Crippen molar-refractivity contribution in [1.82, 2.24) is 14.7 Å². The molecule has 2 aromatic rings. The number of aliphatic hydroxyl groups is 1. The number of rotatable bonds is 7. The van der Waals surface area contributed by atoms with Gasteiger partial charge in [-0.1, -0.05) is 32.8 Å². The average molecular weight is 275 g/mol. The van der Waals surface area contributed by atoms with Gasteiger partial charge in [0.2, 0.25) is 0 Å². The van der Waals surface area contributed by atoms with E-state index in [-0.39, 0.29) is 6.10 Å². The molecule has 1 unspecified atom stereocenters. The van der Waals surface area contributed by atoms with Gasteiger partial charge in [-0.05, 0) is 25.0 Å². The van der Waals surface area contributed by atoms with Gasteiger partial charge in [-0.25, -0.2) is 4.98 Å². The Balaban J connectivity index is 1.98. The lowest BCUT2D eigenvalue weighted by Gasteiger charge is -2.20. The summed E-state index contributed by atoms with van der Waals surface area (Å²) in [6.07, 6.45) is 3.80. The molecule has 0 aliphatic rings. The summed E-state index contributed by atoms with van der Waals surface area (Å²) in [6.45, 7) is 7.65. The molecule has 0 aliphatic carbocycles. The predicted octanol–water partition coefficient (Wildman–Crippen LogP) is 2.53. The Morgan fingerprint density at radius 3 is 2.75 bits per heavy atom. The van der Waals surface area contributed by atoms with Crippen LogP contribution in [0.3, 0.4) is 0 Å². The quantitative estimate of drug-likeness (QED) is 0.816. The smallest absolute Gasteiger partial charge is 0.137 e. The number of fused-ring (bicyclic) bond motifs is 1. The summed E-state index contributed by atoms with van der Waals surface area (Å²) in [5.41, 5.74) is 3.18. The van der Waals surface area contributed by atoms with Crippen molar-refractivity contribution in [3.05, 3.63) is 35.8 Å². The Labute approximate surface area is 120 Å². The van der Waals surface area contributed by atoms with Crippen LogP contribution in [0.5, 0.6) is 0 Å². The van der Waals surface area contributed by atoms with Crippen LogP contribution in [0.1, 0.15) is 38.1 Å². The number of hydrogen-bond donors (Lipinski definition) is 2. The van der Waals surface area contributed by atoms with Crippen molar-refractivity contribution in [2.24, 2.45) is 5.92 Å². The Morgan fingerprint density at radius 1 is 1.30 bits per heavy atom. The number of imidazole rings is 1. The molecule has 0 spiro atoms. The Morgan fingerprint density at radius 2 is 2.05 bits per heavy atom. The molecule has 2 aromatic heterocycles. The van der Waals surface area contributed by atoms with Gasteiger partial charge in [-0.15, -0.1) is 0 Å². The molecule has 4 nitrogen and oxygen atoms in total. The minimum Gasteiger partial charge on any atom is -0.392 e. The molecule has 2 N–H and O–H groups in total. The molecule has 0 saturated heterocycles. The van der Waals surface area contributed by atoms with Crippen LogP contribution in [0.15, 0.2) is 24.4 Å². The fourth-order valence-corrected chi connectivity index (χ4v) is 2.72. The third-order valence-electron chi connectivity index (χ3n) is 4.07. The first-order chi connectivity index (χ1) is 9.67. The van der Waals surface area contributed by atoms with Gasteiger partial charge in [0.15, 0.2) is 0 Å². The van der Waals surface area contributed by atoms with Gasteiger partial charge < -0.3 is 14.8 Å². The van der Waals surface area contributed by atoms with Gasteiger partial charge in [0.25, 0.3) is 0 Å². The summed E-state index contributed by atoms with van der Waals surface area (Å²) in [4.78, 5) is 4.54. The van der Waals surface area contributed by atoms with E-state index < -0.39 is 0 Å². The molecule has 110 valence electrons. The lowest BCUT2D eigenvalue weighted by atomic mass is 9.96. The number of pyridine rings is 1. The molecule has 2 rings (SSSR count). The molecule has 1 atom stereocenters. The standard InChI is InChI=1S/C16H25N3O/c1-4-13(5-2)15(20)11-17-10-14-12(3)18-16-8-6-7-9-19(14)16/h6-9,13,15,17,20H,4-5,10-11H2,1-3H3. The predicted molar refractivity (Wildman–Crippen MR) is 81.7 cm³/mol. The van der Waals surface area contributed by atoms with Gasteiger partial charge in [0, 0.05) is 19.3 Å². The third kappa shape index (κ3) is 3.19. The van der Waals surface area contributed by atoms with Gasteiger partial charge in [0.1, 0.15) is 5.65 Å². The van der Waals surface area contributed by atoms with E-state index in [4.69, 9.17) is 0 Å². The monoisotopic (exact) mass is 275 g/mol. The highest BCUT2D eigenvalue weighted by atomic mass is 16.3. The van der Waals surface area contributed by atoms with E-state index in [9.17, 15) is 5.11 Å². The molecule has 2 heterocycles. The first-order valence-corrected chi connectivity index (χ1v) is 7.48. The van der Waals surface area contributed by atoms with Crippen LogP contribution >= 0.6 is 0 Å². The van der Waals surface area contributed by atoms with Crippen molar-refractivity contribution < 1.29 is 5.11 Å². The maximum atomic E-state index is 10.1. The largest absolute Gasteiger partial charge is 0.392 e. The van der Waals surface area contributed by atoms with Gasteiger partial charge in [-0.2, -0.15) is 0 Å². The Bertz CT molecular complexity index is 546. The van der Waals surface area contributed by atoms with Crippen LogP contribution in [-0.4, -0.2) is 27.1 Å². The minimum absolute atomic E-state index is 0.274. The molecule has 0 radical (unpaired) electrons. The van der Waals surface area contributed by atoms with Crippen molar-refractivity contribution in [2.75, 3.05) is 6.54 Å². The molecule has 0 aromatic carbocycles. The highest BCUT2D eigenvalue weighted by Gasteiger charge is 2.15. The molecular weight excluding hydrogens is 250 g/mol. The second-order valence-corrected chi connectivity index (χ2v) is 5.35. The van der Waals surface area contributed by atoms with Gasteiger partial charge in [-0.3, -0.25) is 0 Å². The number of hydrogen-bond acceptors (Lipinski definition) is 3. The second kappa shape index (κ2) is 6.86. The van der Waals surface area contributed by atoms with E-state index in [1.54, 1.807) is 0 Å². The molecule has 4 heteroatoms. The molecule has 20 heavy (non-hydrogen) atoms. The van der Waals surface area contributed by atoms with Crippen LogP contribution < -0.4 is 5.32 Å². The third-order valence-corrected chi connectivity index (χ3v) is 4.07. The topological polar surface area (TPSA) is 49.6 Å². The average Bonchev–Trinajstić information content (AvgIpc) is 2.76. The summed E-state index contributed by atoms with van der Waals surface area (Å²) < 4.78 is 2.10. The highest BCUT2D eigenvalue weighted by Crippen LogP contribution is 2.14. The van der Waals surface area contributed by atoms with Crippen LogP contribution in [-0.2, 0) is 6.54 Å². The summed E-state index contributed by atoms with van der Waals surface area (Å²) in [5.74, 6) is 0.380. The first-order valence-electron chi connectivity index (χ1n) is 7.48. The normalized spacial score (nSPS) is 13.2. The number of aryl methyl sites for hydroxylation is 1. The van der Waals surface area contributed by atoms with E-state index in [1.807, 2.05) is 31.3 Å². The molecule has 0 bridgehead atoms. The summed E-state index contributed by atoms with van der Waals surface area (Å²) >= 11 is 0. The lowest BCUT2D eigenvalue weighted by molar-refractivity contribution is 0.101. The maximum Gasteiger partial charge on any atom is 0.137 e. The van der Waals surface area contributed by atoms with Crippen LogP contribution in [0, 0.1) is 12.8 Å². The summed E-state index contributed by atoms with van der Waals surface area (Å²) in [6, 6.07) is 6.02. The molecule has 0 saturated carbocycles. The van der Waals surface area contributed by atoms with Crippen LogP contribution in [0.4, 0.5) is 0 Å². The number of aliphatic hydroxyl groups excluding tert-OH is 1. The molecule has 0 aliphatic heterocycles. The zero-order chi connectivity index (χ0) is 14.5. The summed E-state index contributed by atoms with van der Waals surface area (Å²) in [7, 11) is 0. The Hall–Kier alpha value is -1.39. The van der Waals surface area contributed by atoms with E-state index in [2.05, 4.69) is 28.5 Å². The van der Waals surface area contributed by atoms with Crippen molar-refractivity contribution in [1.29, 1.82) is 0 Å². The zero-order valence-electron chi connectivity index (χ0n) is 12.6. The van der Waals surface area contributed by atoms with Crippen LogP contribution in [0.2, 0.25) is 0 Å². The zero-order valence-corrected chi connectivity index (χ0v) is 12.6. The van der Waals surface area contributed by atoms with E-state index in [0.29, 0.717) is 12.5 Å². The number of nitrogens with one attached hydrogen (secondary N) is 1. The van der Waals surface area contributed by atoms with Crippen molar-refractivity contribution in [3.63, 3.8) is 0 Å². The number of nitrogens with zero attached hydrogens (tertiary/aromatic N) is 2. The molecule has 0 amide bonds. The van der Waals surface area contributed by atoms with Crippen molar-refractivity contribution >= 4 is 5.65 Å². The first kappa shape index (κ1) is 15.0. The SMILES string of the molecule is CCC(CC)C(O)CNCc1c(C)nc2ccccn12. The minimum atomic E-state index is -0.274. The molecular formula is C16H25N3O. The molecule has 0 fully saturated rings. The van der Waals surface area contributed by atoms with Crippen molar-refractivity contribution in [2.45, 2.75) is 46.3 Å². The fourth-order valence-electron chi connectivity index (χ4n) is 2.72. The van der Waals surface area contributed by atoms with Gasteiger partial charge in [0.05, 0.1) is 17.5 Å². The van der Waals surface area contributed by atoms with Crippen molar-refractivity contribution in [3.8, 4) is 0 Å². The summed E-state index contributed by atoms with van der Waals surface area (Å²) in [5, 5.41) is 13.5. The van der Waals surface area contributed by atoms with Crippen LogP contribution in [0.25, 0.3) is 5.65 Å². The van der Waals surface area contributed by atoms with Gasteiger partial charge >= 0.3 is 0 Å². The fraction of sp³-hybridized carbons (Fsp3) is 0.562.